The van der Waals surface area contributed by atoms with Crippen LogP contribution in [0.15, 0.2) is 22.7 Å². The Morgan fingerprint density at radius 3 is 2.90 bits per heavy atom. The van der Waals surface area contributed by atoms with Gasteiger partial charge in [-0.2, -0.15) is 0 Å². The number of phenolic OH excluding ortho intramolecular Hbond substituents is 1. The maximum atomic E-state index is 12.5. The van der Waals surface area contributed by atoms with E-state index in [1.54, 1.807) is 18.2 Å². The summed E-state index contributed by atoms with van der Waals surface area (Å²) in [5, 5.41) is 16.0. The standard InChI is InChI=1S/C15H21BrN2O2/c1-15(2,10-4-3-7-17-9-10)14(20)18-12-8-11(16)5-6-13(12)19/h5-6,8,10,17,19H,3-4,7,9H2,1-2H3,(H,18,20). The number of aromatic hydroxyl groups is 1. The molecule has 0 saturated carbocycles. The number of piperidine rings is 1. The molecule has 0 bridgehead atoms. The Kier molecular flexibility index (Phi) is 4.70. The number of benzene rings is 1. The first-order chi connectivity index (χ1) is 9.41. The lowest BCUT2D eigenvalue weighted by molar-refractivity contribution is -0.127. The van der Waals surface area contributed by atoms with Crippen molar-refractivity contribution in [2.24, 2.45) is 11.3 Å². The highest BCUT2D eigenvalue weighted by molar-refractivity contribution is 9.10. The van der Waals surface area contributed by atoms with Gasteiger partial charge in [0, 0.05) is 9.89 Å². The molecule has 0 aliphatic carbocycles. The van der Waals surface area contributed by atoms with Crippen LogP contribution in [-0.2, 0) is 4.79 Å². The number of rotatable bonds is 3. The van der Waals surface area contributed by atoms with E-state index in [4.69, 9.17) is 0 Å². The lowest BCUT2D eigenvalue weighted by Crippen LogP contribution is -2.44. The second kappa shape index (κ2) is 6.14. The van der Waals surface area contributed by atoms with Crippen molar-refractivity contribution in [3.05, 3.63) is 22.7 Å². The minimum absolute atomic E-state index is 0.0559. The van der Waals surface area contributed by atoms with Gasteiger partial charge in [-0.3, -0.25) is 4.79 Å². The van der Waals surface area contributed by atoms with E-state index in [0.29, 0.717) is 11.6 Å². The molecular formula is C15H21BrN2O2. The van der Waals surface area contributed by atoms with E-state index in [0.717, 1.165) is 30.4 Å². The molecule has 5 heteroatoms. The third kappa shape index (κ3) is 3.33. The Balaban J connectivity index is 2.11. The van der Waals surface area contributed by atoms with Crippen LogP contribution in [0.5, 0.6) is 5.75 Å². The Morgan fingerprint density at radius 2 is 2.25 bits per heavy atom. The van der Waals surface area contributed by atoms with Crippen LogP contribution in [0.3, 0.4) is 0 Å². The Hall–Kier alpha value is -1.07. The largest absolute Gasteiger partial charge is 0.506 e. The zero-order valence-electron chi connectivity index (χ0n) is 11.9. The number of carbonyl (C=O) groups excluding carboxylic acids is 1. The molecule has 4 nitrogen and oxygen atoms in total. The molecular weight excluding hydrogens is 320 g/mol. The average Bonchev–Trinajstić information content (AvgIpc) is 2.43. The quantitative estimate of drug-likeness (QED) is 0.741. The average molecular weight is 341 g/mol. The fraction of sp³-hybridized carbons (Fsp3) is 0.533. The van der Waals surface area contributed by atoms with Crippen LogP contribution < -0.4 is 10.6 Å². The van der Waals surface area contributed by atoms with E-state index in [2.05, 4.69) is 26.6 Å². The summed E-state index contributed by atoms with van der Waals surface area (Å²) in [5.74, 6) is 0.337. The number of amides is 1. The number of hydrogen-bond donors (Lipinski definition) is 3. The van der Waals surface area contributed by atoms with Crippen molar-refractivity contribution in [1.82, 2.24) is 5.32 Å². The molecule has 1 aliphatic rings. The fourth-order valence-corrected chi connectivity index (χ4v) is 2.91. The molecule has 0 radical (unpaired) electrons. The monoisotopic (exact) mass is 340 g/mol. The van der Waals surface area contributed by atoms with Gasteiger partial charge in [0.25, 0.3) is 0 Å². The molecule has 20 heavy (non-hydrogen) atoms. The zero-order chi connectivity index (χ0) is 14.8. The predicted octanol–water partition coefficient (Wildman–Crippen LogP) is 3.12. The first-order valence-electron chi connectivity index (χ1n) is 6.92. The van der Waals surface area contributed by atoms with Gasteiger partial charge < -0.3 is 15.7 Å². The van der Waals surface area contributed by atoms with E-state index >= 15 is 0 Å². The van der Waals surface area contributed by atoms with Gasteiger partial charge in [0.05, 0.1) is 5.69 Å². The third-order valence-electron chi connectivity index (χ3n) is 4.11. The Labute approximate surface area is 128 Å². The lowest BCUT2D eigenvalue weighted by Gasteiger charge is -2.36. The van der Waals surface area contributed by atoms with E-state index in [-0.39, 0.29) is 11.7 Å². The van der Waals surface area contributed by atoms with Crippen LogP contribution in [0.4, 0.5) is 5.69 Å². The van der Waals surface area contributed by atoms with E-state index in [1.165, 1.54) is 0 Å². The van der Waals surface area contributed by atoms with Crippen molar-refractivity contribution < 1.29 is 9.90 Å². The molecule has 1 saturated heterocycles. The van der Waals surface area contributed by atoms with E-state index in [9.17, 15) is 9.90 Å². The minimum atomic E-state index is -0.470. The number of phenols is 1. The van der Waals surface area contributed by atoms with Crippen molar-refractivity contribution >= 4 is 27.5 Å². The van der Waals surface area contributed by atoms with Crippen LogP contribution in [0.25, 0.3) is 0 Å². The van der Waals surface area contributed by atoms with Gasteiger partial charge in [0.2, 0.25) is 5.91 Å². The van der Waals surface area contributed by atoms with Crippen molar-refractivity contribution in [2.75, 3.05) is 18.4 Å². The van der Waals surface area contributed by atoms with Crippen molar-refractivity contribution in [1.29, 1.82) is 0 Å². The van der Waals surface area contributed by atoms with Crippen LogP contribution in [0.1, 0.15) is 26.7 Å². The van der Waals surface area contributed by atoms with Gasteiger partial charge >= 0.3 is 0 Å². The number of hydrogen-bond acceptors (Lipinski definition) is 3. The fourth-order valence-electron chi connectivity index (χ4n) is 2.54. The second-order valence-corrected chi connectivity index (χ2v) is 6.80. The number of anilines is 1. The van der Waals surface area contributed by atoms with E-state index < -0.39 is 5.41 Å². The van der Waals surface area contributed by atoms with Crippen LogP contribution in [-0.4, -0.2) is 24.1 Å². The zero-order valence-corrected chi connectivity index (χ0v) is 13.5. The van der Waals surface area contributed by atoms with Crippen molar-refractivity contribution in [3.63, 3.8) is 0 Å². The summed E-state index contributed by atoms with van der Waals surface area (Å²) in [7, 11) is 0. The summed E-state index contributed by atoms with van der Waals surface area (Å²) in [4.78, 5) is 12.5. The van der Waals surface area contributed by atoms with Crippen LogP contribution >= 0.6 is 15.9 Å². The van der Waals surface area contributed by atoms with Gasteiger partial charge in [-0.25, -0.2) is 0 Å². The smallest absolute Gasteiger partial charge is 0.230 e. The molecule has 1 atom stereocenters. The summed E-state index contributed by atoms with van der Waals surface area (Å²) in [6.45, 7) is 5.83. The molecule has 1 aromatic rings. The number of halogens is 1. The molecule has 1 aliphatic heterocycles. The van der Waals surface area contributed by atoms with Crippen molar-refractivity contribution in [3.8, 4) is 5.75 Å². The SMILES string of the molecule is CC(C)(C(=O)Nc1cc(Br)ccc1O)C1CCCNC1. The molecule has 1 unspecified atom stereocenters. The minimum Gasteiger partial charge on any atom is -0.506 e. The summed E-state index contributed by atoms with van der Waals surface area (Å²) in [6.07, 6.45) is 2.15. The van der Waals surface area contributed by atoms with Gasteiger partial charge in [-0.15, -0.1) is 0 Å². The highest BCUT2D eigenvalue weighted by Crippen LogP contribution is 2.34. The molecule has 1 fully saturated rings. The highest BCUT2D eigenvalue weighted by Gasteiger charge is 2.37. The van der Waals surface area contributed by atoms with Gasteiger partial charge in [-0.05, 0) is 50.0 Å². The Bertz CT molecular complexity index is 497. The van der Waals surface area contributed by atoms with E-state index in [1.807, 2.05) is 13.8 Å². The normalized spacial score (nSPS) is 19.6. The maximum absolute atomic E-state index is 12.5. The molecule has 110 valence electrons. The molecule has 1 aromatic carbocycles. The Morgan fingerprint density at radius 1 is 1.50 bits per heavy atom. The first kappa shape index (κ1) is 15.3. The predicted molar refractivity (Wildman–Crippen MR) is 83.8 cm³/mol. The van der Waals surface area contributed by atoms with Gasteiger partial charge in [0.1, 0.15) is 5.75 Å². The highest BCUT2D eigenvalue weighted by atomic mass is 79.9. The van der Waals surface area contributed by atoms with Crippen LogP contribution in [0, 0.1) is 11.3 Å². The molecule has 3 N–H and O–H groups in total. The maximum Gasteiger partial charge on any atom is 0.230 e. The molecule has 0 spiro atoms. The molecule has 2 rings (SSSR count). The lowest BCUT2D eigenvalue weighted by atomic mass is 9.74. The summed E-state index contributed by atoms with van der Waals surface area (Å²) in [5.41, 5.74) is -0.0245. The van der Waals surface area contributed by atoms with Gasteiger partial charge in [0.15, 0.2) is 0 Å². The molecule has 1 amide bonds. The summed E-state index contributed by atoms with van der Waals surface area (Å²) >= 11 is 3.34. The topological polar surface area (TPSA) is 61.4 Å². The third-order valence-corrected chi connectivity index (χ3v) is 4.60. The summed E-state index contributed by atoms with van der Waals surface area (Å²) in [6, 6.07) is 5.01. The second-order valence-electron chi connectivity index (χ2n) is 5.88. The molecule has 0 aromatic heterocycles. The number of nitrogens with one attached hydrogen (secondary N) is 2. The van der Waals surface area contributed by atoms with Crippen molar-refractivity contribution in [2.45, 2.75) is 26.7 Å². The number of carbonyl (C=O) groups is 1. The molecule has 1 heterocycles. The first-order valence-corrected chi connectivity index (χ1v) is 7.71. The van der Waals surface area contributed by atoms with Crippen LogP contribution in [0.2, 0.25) is 0 Å². The van der Waals surface area contributed by atoms with Gasteiger partial charge in [-0.1, -0.05) is 29.8 Å². The summed E-state index contributed by atoms with van der Waals surface area (Å²) < 4.78 is 0.822.